The number of ether oxygens (including phenoxy) is 1. The number of hydrogen-bond acceptors (Lipinski definition) is 7. The number of hydrogen-bond donors (Lipinski definition) is 4. The Bertz CT molecular complexity index is 818. The first-order valence-electron chi connectivity index (χ1n) is 9.24. The van der Waals surface area contributed by atoms with Crippen LogP contribution < -0.4 is 0 Å². The molecular formula is C21H28O9. The van der Waals surface area contributed by atoms with Gasteiger partial charge in [0.1, 0.15) is 12.2 Å². The Kier molecular flexibility index (Phi) is 7.88. The first-order chi connectivity index (χ1) is 13.6. The van der Waals surface area contributed by atoms with E-state index in [-0.39, 0.29) is 18.8 Å². The lowest BCUT2D eigenvalue weighted by Crippen LogP contribution is -2.52. The summed E-state index contributed by atoms with van der Waals surface area (Å²) >= 11 is 0. The third kappa shape index (κ3) is 6.64. The van der Waals surface area contributed by atoms with Crippen LogP contribution in [0.15, 0.2) is 35.5 Å². The van der Waals surface area contributed by atoms with Crippen molar-refractivity contribution in [2.45, 2.75) is 58.2 Å². The summed E-state index contributed by atoms with van der Waals surface area (Å²) in [6, 6.07) is 0. The molecular weight excluding hydrogens is 396 g/mol. The van der Waals surface area contributed by atoms with Crippen molar-refractivity contribution in [3.8, 4) is 0 Å². The predicted molar refractivity (Wildman–Crippen MR) is 105 cm³/mol. The molecule has 1 rings (SSSR count). The Morgan fingerprint density at radius 3 is 2.40 bits per heavy atom. The average molecular weight is 424 g/mol. The minimum absolute atomic E-state index is 0.147. The molecule has 9 heteroatoms. The quantitative estimate of drug-likeness (QED) is 0.244. The molecule has 9 nitrogen and oxygen atoms in total. The Labute approximate surface area is 174 Å². The van der Waals surface area contributed by atoms with E-state index in [0.29, 0.717) is 11.1 Å². The Morgan fingerprint density at radius 1 is 1.27 bits per heavy atom. The van der Waals surface area contributed by atoms with Crippen LogP contribution in [0.1, 0.15) is 47.0 Å². The molecule has 0 aliphatic heterocycles. The van der Waals surface area contributed by atoms with Crippen molar-refractivity contribution in [3.63, 3.8) is 0 Å². The molecule has 0 fully saturated rings. The number of esters is 1. The van der Waals surface area contributed by atoms with Gasteiger partial charge in [0.25, 0.3) is 0 Å². The third-order valence-electron chi connectivity index (χ3n) is 5.01. The smallest absolute Gasteiger partial charge is 0.328 e. The second-order valence-corrected chi connectivity index (χ2v) is 8.26. The normalized spacial score (nSPS) is 26.8. The number of carboxylic acids is 2. The van der Waals surface area contributed by atoms with Crippen molar-refractivity contribution in [2.75, 3.05) is 6.61 Å². The van der Waals surface area contributed by atoms with E-state index in [1.54, 1.807) is 6.92 Å². The van der Waals surface area contributed by atoms with E-state index in [1.165, 1.54) is 39.0 Å². The predicted octanol–water partition coefficient (Wildman–Crippen LogP) is 1.39. The second kappa shape index (κ2) is 9.36. The number of aliphatic hydroxyl groups is 2. The number of carboxylic acid groups (broad SMARTS) is 2. The minimum atomic E-state index is -1.81. The van der Waals surface area contributed by atoms with E-state index >= 15 is 0 Å². The molecule has 0 bridgehead atoms. The largest absolute Gasteiger partial charge is 0.481 e. The fraction of sp³-hybridized carbons (Fsp3) is 0.524. The van der Waals surface area contributed by atoms with E-state index in [0.717, 1.165) is 6.08 Å². The first kappa shape index (κ1) is 25.3. The van der Waals surface area contributed by atoms with Gasteiger partial charge in [0, 0.05) is 17.9 Å². The molecule has 0 spiro atoms. The van der Waals surface area contributed by atoms with Crippen molar-refractivity contribution in [1.82, 2.24) is 0 Å². The Morgan fingerprint density at radius 2 is 1.87 bits per heavy atom. The monoisotopic (exact) mass is 424 g/mol. The van der Waals surface area contributed by atoms with Crippen LogP contribution >= 0.6 is 0 Å². The van der Waals surface area contributed by atoms with Crippen molar-refractivity contribution < 1.29 is 44.3 Å². The molecule has 1 aliphatic carbocycles. The van der Waals surface area contributed by atoms with E-state index < -0.39 is 47.4 Å². The molecule has 166 valence electrons. The summed E-state index contributed by atoms with van der Waals surface area (Å²) in [7, 11) is 0. The van der Waals surface area contributed by atoms with Crippen LogP contribution in [0.25, 0.3) is 0 Å². The number of allylic oxidation sites excluding steroid dienone is 3. The second-order valence-electron chi connectivity index (χ2n) is 8.26. The zero-order chi connectivity index (χ0) is 23.3. The van der Waals surface area contributed by atoms with E-state index in [4.69, 9.17) is 14.9 Å². The zero-order valence-corrected chi connectivity index (χ0v) is 17.5. The Hall–Kier alpha value is -2.78. The highest BCUT2D eigenvalue weighted by molar-refractivity contribution is 5.93. The lowest BCUT2D eigenvalue weighted by molar-refractivity contribution is -0.160. The number of carbonyl (C=O) groups excluding carboxylic acids is 2. The number of rotatable bonds is 9. The summed E-state index contributed by atoms with van der Waals surface area (Å²) in [5.41, 5.74) is -4.13. The third-order valence-corrected chi connectivity index (χ3v) is 5.01. The zero-order valence-electron chi connectivity index (χ0n) is 17.5. The molecule has 0 radical (unpaired) electrons. The van der Waals surface area contributed by atoms with E-state index in [2.05, 4.69) is 0 Å². The van der Waals surface area contributed by atoms with Gasteiger partial charge in [-0.05, 0) is 44.1 Å². The van der Waals surface area contributed by atoms with Gasteiger partial charge in [-0.15, -0.1) is 0 Å². The Balaban J connectivity index is 3.08. The van der Waals surface area contributed by atoms with Gasteiger partial charge in [-0.2, -0.15) is 0 Å². The first-order valence-corrected chi connectivity index (χ1v) is 9.24. The molecule has 30 heavy (non-hydrogen) atoms. The molecule has 3 atom stereocenters. The van der Waals surface area contributed by atoms with Crippen LogP contribution in [-0.4, -0.2) is 61.9 Å². The maximum atomic E-state index is 12.1. The highest BCUT2D eigenvalue weighted by Crippen LogP contribution is 2.45. The van der Waals surface area contributed by atoms with Gasteiger partial charge in [0.15, 0.2) is 5.78 Å². The van der Waals surface area contributed by atoms with Crippen LogP contribution in [0.4, 0.5) is 0 Å². The van der Waals surface area contributed by atoms with Gasteiger partial charge in [0.2, 0.25) is 0 Å². The summed E-state index contributed by atoms with van der Waals surface area (Å²) in [6.07, 6.45) is 3.62. The van der Waals surface area contributed by atoms with Crippen molar-refractivity contribution in [3.05, 3.63) is 35.5 Å². The fourth-order valence-corrected chi connectivity index (χ4v) is 3.38. The molecule has 4 N–H and O–H groups in total. The van der Waals surface area contributed by atoms with Crippen molar-refractivity contribution in [2.24, 2.45) is 5.41 Å². The van der Waals surface area contributed by atoms with E-state index in [1.807, 2.05) is 0 Å². The number of ketones is 1. The van der Waals surface area contributed by atoms with Crippen molar-refractivity contribution in [1.29, 1.82) is 0 Å². The molecule has 0 aromatic rings. The van der Waals surface area contributed by atoms with Gasteiger partial charge in [-0.1, -0.05) is 13.0 Å². The molecule has 0 aromatic heterocycles. The fourth-order valence-electron chi connectivity index (χ4n) is 3.38. The van der Waals surface area contributed by atoms with Crippen LogP contribution in [-0.2, 0) is 23.9 Å². The van der Waals surface area contributed by atoms with Gasteiger partial charge >= 0.3 is 17.9 Å². The maximum Gasteiger partial charge on any atom is 0.328 e. The average Bonchev–Trinajstić information content (AvgIpc) is 2.54. The number of aliphatic carboxylic acids is 2. The molecule has 0 saturated carbocycles. The summed E-state index contributed by atoms with van der Waals surface area (Å²) in [5, 5.41) is 38.9. The lowest BCUT2D eigenvalue weighted by Gasteiger charge is -2.45. The van der Waals surface area contributed by atoms with Crippen LogP contribution in [0, 0.1) is 5.41 Å². The molecule has 0 unspecified atom stereocenters. The highest BCUT2D eigenvalue weighted by atomic mass is 16.5. The molecule has 1 aliphatic rings. The summed E-state index contributed by atoms with van der Waals surface area (Å²) in [4.78, 5) is 45.8. The molecule has 0 saturated heterocycles. The summed E-state index contributed by atoms with van der Waals surface area (Å²) in [6.45, 7) is 5.43. The number of carbonyl (C=O) groups is 4. The summed E-state index contributed by atoms with van der Waals surface area (Å²) in [5.74, 6) is -3.58. The SMILES string of the molecule is CC1=CC(=O)C[C@@](C)(COC(=O)C[C@](C)(O)CC(=O)O)[C@@]1(O)/C=C/C(C)=C\C(=O)O. The molecule has 0 amide bonds. The van der Waals surface area contributed by atoms with Crippen LogP contribution in [0.5, 0.6) is 0 Å². The van der Waals surface area contributed by atoms with Gasteiger partial charge in [0.05, 0.1) is 18.4 Å². The van der Waals surface area contributed by atoms with Gasteiger partial charge < -0.3 is 25.2 Å². The molecule has 0 aromatic carbocycles. The van der Waals surface area contributed by atoms with E-state index in [9.17, 15) is 29.4 Å². The molecule has 0 heterocycles. The topological polar surface area (TPSA) is 158 Å². The maximum absolute atomic E-state index is 12.1. The minimum Gasteiger partial charge on any atom is -0.481 e. The van der Waals surface area contributed by atoms with Gasteiger partial charge in [-0.25, -0.2) is 4.79 Å². The van der Waals surface area contributed by atoms with Crippen molar-refractivity contribution >= 4 is 23.7 Å². The standard InChI is InChI=1S/C21H28O9/c1-13(7-16(23)24)5-6-21(29)14(2)8-15(22)9-19(21,3)12-30-18(27)11-20(4,28)10-17(25)26/h5-8,28-29H,9-12H2,1-4H3,(H,23,24)(H,25,26)/b6-5+,13-7-/t19-,20+,21+/m0/s1. The van der Waals surface area contributed by atoms with Crippen LogP contribution in [0.3, 0.4) is 0 Å². The lowest BCUT2D eigenvalue weighted by atomic mass is 9.63. The van der Waals surface area contributed by atoms with Gasteiger partial charge in [-0.3, -0.25) is 14.4 Å². The van der Waals surface area contributed by atoms with Crippen LogP contribution in [0.2, 0.25) is 0 Å². The highest BCUT2D eigenvalue weighted by Gasteiger charge is 2.51. The summed E-state index contributed by atoms with van der Waals surface area (Å²) < 4.78 is 5.19.